The van der Waals surface area contributed by atoms with Gasteiger partial charge in [-0.2, -0.15) is 0 Å². The second-order valence-corrected chi connectivity index (χ2v) is 0.786. The predicted molar refractivity (Wildman–Crippen MR) is 27.8 cm³/mol. The van der Waals surface area contributed by atoms with Crippen molar-refractivity contribution in [2.24, 2.45) is 0 Å². The Balaban J connectivity index is 0. The van der Waals surface area contributed by atoms with Crippen LogP contribution in [0, 0.1) is 0 Å². The topological polar surface area (TPSA) is 0 Å². The Morgan fingerprint density at radius 3 is 1.57 bits per heavy atom. The maximum Gasteiger partial charge on any atom is 0.118 e. The second-order valence-electron chi connectivity index (χ2n) is 0.786. The summed E-state index contributed by atoms with van der Waals surface area (Å²) in [5.74, 6) is 0. The zero-order valence-corrected chi connectivity index (χ0v) is 4.45. The molecular weight excluding hydrogens is 98.1 g/mol. The molecule has 2 heteroatoms. The van der Waals surface area contributed by atoms with Crippen LogP contribution in [0.3, 0.4) is 0 Å². The highest BCUT2D eigenvalue weighted by Crippen LogP contribution is 1.63. The second kappa shape index (κ2) is 17.5. The normalized spacial score (nSPS) is 6.14. The van der Waals surface area contributed by atoms with Crippen LogP contribution < -0.4 is 0 Å². The van der Waals surface area contributed by atoms with E-state index in [0.29, 0.717) is 0 Å². The van der Waals surface area contributed by atoms with Crippen LogP contribution in [0.4, 0.5) is 8.78 Å². The molecule has 0 bridgehead atoms. The summed E-state index contributed by atoms with van der Waals surface area (Å²) in [4.78, 5) is 0. The molecule has 0 spiro atoms. The van der Waals surface area contributed by atoms with Crippen molar-refractivity contribution >= 4 is 0 Å². The highest BCUT2D eigenvalue weighted by molar-refractivity contribution is 4.51. The minimum Gasteiger partial charge on any atom is -0.248 e. The molecule has 0 aliphatic rings. The molecule has 0 rings (SSSR count). The van der Waals surface area contributed by atoms with Gasteiger partial charge in [0.25, 0.3) is 0 Å². The minimum absolute atomic E-state index is 0.847. The zero-order chi connectivity index (χ0) is 6.12. The number of allylic oxidation sites excluding steroid dienone is 1. The van der Waals surface area contributed by atoms with E-state index in [0.717, 1.165) is 0 Å². The first-order valence-electron chi connectivity index (χ1n) is 2.02. The molecule has 0 heterocycles. The van der Waals surface area contributed by atoms with Crippen LogP contribution in [0.25, 0.3) is 0 Å². The molecule has 0 aromatic carbocycles. The third-order valence-electron chi connectivity index (χ3n) is 0.0714. The average molecular weight is 108 g/mol. The molecule has 0 atom stereocenters. The van der Waals surface area contributed by atoms with Crippen molar-refractivity contribution < 1.29 is 8.78 Å². The molecule has 0 saturated heterocycles. The molecule has 0 aromatic rings. The molecule has 0 unspecified atom stereocenters. The van der Waals surface area contributed by atoms with E-state index in [1.807, 2.05) is 6.92 Å². The molecule has 0 aromatic heterocycles. The lowest BCUT2D eigenvalue weighted by Gasteiger charge is -1.61. The maximum absolute atomic E-state index is 10.3. The fraction of sp³-hybridized carbons (Fsp3) is 0.600. The molecular formula is C5H10F2. The monoisotopic (exact) mass is 108 g/mol. The smallest absolute Gasteiger partial charge is 0.118 e. The predicted octanol–water partition coefficient (Wildman–Crippen LogP) is 2.12. The van der Waals surface area contributed by atoms with Crippen LogP contribution >= 0.6 is 0 Å². The Morgan fingerprint density at radius 2 is 1.57 bits per heavy atom. The van der Waals surface area contributed by atoms with Gasteiger partial charge >= 0.3 is 0 Å². The van der Waals surface area contributed by atoms with Gasteiger partial charge in [-0.15, -0.1) is 6.58 Å². The molecule has 0 saturated carbocycles. The van der Waals surface area contributed by atoms with E-state index in [4.69, 9.17) is 0 Å². The summed E-state index contributed by atoms with van der Waals surface area (Å²) < 4.78 is 20.7. The van der Waals surface area contributed by atoms with E-state index < -0.39 is 13.3 Å². The number of hydrogen-bond acceptors (Lipinski definition) is 0. The summed E-state index contributed by atoms with van der Waals surface area (Å²) in [7, 11) is 0. The zero-order valence-electron chi connectivity index (χ0n) is 4.45. The molecule has 0 amide bonds. The van der Waals surface area contributed by atoms with Crippen molar-refractivity contribution in [3.8, 4) is 0 Å². The van der Waals surface area contributed by atoms with Crippen molar-refractivity contribution in [2.75, 3.05) is 13.3 Å². The Labute approximate surface area is 42.8 Å². The SMILES string of the molecule is C=CC.FCCF. The Morgan fingerprint density at radius 1 is 1.43 bits per heavy atom. The van der Waals surface area contributed by atoms with Crippen LogP contribution in [0.15, 0.2) is 12.7 Å². The minimum atomic E-state index is -0.847. The third-order valence-corrected chi connectivity index (χ3v) is 0.0714. The molecule has 0 aliphatic carbocycles. The first-order valence-corrected chi connectivity index (χ1v) is 2.02. The van der Waals surface area contributed by atoms with Crippen LogP contribution in [0.2, 0.25) is 0 Å². The fourth-order valence-corrected chi connectivity index (χ4v) is 0. The molecule has 0 N–H and O–H groups in total. The average Bonchev–Trinajstić information content (AvgIpc) is 1.69. The van der Waals surface area contributed by atoms with Crippen LogP contribution in [0.1, 0.15) is 6.92 Å². The van der Waals surface area contributed by atoms with Crippen molar-refractivity contribution in [1.29, 1.82) is 0 Å². The third kappa shape index (κ3) is 202. The fourth-order valence-electron chi connectivity index (χ4n) is 0. The van der Waals surface area contributed by atoms with Gasteiger partial charge in [0.2, 0.25) is 0 Å². The molecule has 44 valence electrons. The number of alkyl halides is 2. The Hall–Kier alpha value is -0.400. The Bertz CT molecular complexity index is 25.3. The molecule has 0 nitrogen and oxygen atoms in total. The number of rotatable bonds is 1. The van der Waals surface area contributed by atoms with E-state index in [1.165, 1.54) is 0 Å². The summed E-state index contributed by atoms with van der Waals surface area (Å²) in [6, 6.07) is 0. The maximum atomic E-state index is 10.3. The summed E-state index contributed by atoms with van der Waals surface area (Å²) in [5.41, 5.74) is 0. The lowest BCUT2D eigenvalue weighted by molar-refractivity contribution is 0.380. The van der Waals surface area contributed by atoms with Crippen molar-refractivity contribution in [3.63, 3.8) is 0 Å². The van der Waals surface area contributed by atoms with Gasteiger partial charge in [-0.05, 0) is 6.92 Å². The summed E-state index contributed by atoms with van der Waals surface area (Å²) >= 11 is 0. The first-order chi connectivity index (χ1) is 3.33. The number of hydrogen-bond donors (Lipinski definition) is 0. The molecule has 0 radical (unpaired) electrons. The van der Waals surface area contributed by atoms with E-state index in [1.54, 1.807) is 6.08 Å². The van der Waals surface area contributed by atoms with Gasteiger partial charge in [-0.25, -0.2) is 8.78 Å². The van der Waals surface area contributed by atoms with Crippen LogP contribution in [0.5, 0.6) is 0 Å². The van der Waals surface area contributed by atoms with Gasteiger partial charge in [-0.1, -0.05) is 6.08 Å². The van der Waals surface area contributed by atoms with Gasteiger partial charge in [-0.3, -0.25) is 0 Å². The quantitative estimate of drug-likeness (QED) is 0.451. The first kappa shape index (κ1) is 9.78. The molecule has 0 fully saturated rings. The van der Waals surface area contributed by atoms with Gasteiger partial charge in [0.05, 0.1) is 0 Å². The van der Waals surface area contributed by atoms with Gasteiger partial charge in [0, 0.05) is 0 Å². The lowest BCUT2D eigenvalue weighted by atomic mass is 10.8. The van der Waals surface area contributed by atoms with Gasteiger partial charge < -0.3 is 0 Å². The highest BCUT2D eigenvalue weighted by atomic mass is 19.2. The van der Waals surface area contributed by atoms with Gasteiger partial charge in [0.15, 0.2) is 0 Å². The van der Waals surface area contributed by atoms with Gasteiger partial charge in [0.1, 0.15) is 13.3 Å². The molecule has 0 aliphatic heterocycles. The van der Waals surface area contributed by atoms with Crippen molar-refractivity contribution in [1.82, 2.24) is 0 Å². The van der Waals surface area contributed by atoms with Crippen molar-refractivity contribution in [3.05, 3.63) is 12.7 Å². The van der Waals surface area contributed by atoms with E-state index in [2.05, 4.69) is 6.58 Å². The summed E-state index contributed by atoms with van der Waals surface area (Å²) in [6.45, 7) is 3.56. The highest BCUT2D eigenvalue weighted by Gasteiger charge is 1.65. The lowest BCUT2D eigenvalue weighted by Crippen LogP contribution is -1.68. The standard InChI is InChI=1S/C3H6.C2H4F2/c1-3-2;3-1-2-4/h3H,1H2,2H3;1-2H2. The van der Waals surface area contributed by atoms with Crippen LogP contribution in [-0.4, -0.2) is 13.3 Å². The summed E-state index contributed by atoms with van der Waals surface area (Å²) in [6.07, 6.45) is 1.75. The van der Waals surface area contributed by atoms with E-state index >= 15 is 0 Å². The largest absolute Gasteiger partial charge is 0.248 e. The van der Waals surface area contributed by atoms with Crippen LogP contribution in [-0.2, 0) is 0 Å². The number of halogens is 2. The Kier molecular flexibility index (Phi) is 24.5. The van der Waals surface area contributed by atoms with E-state index in [-0.39, 0.29) is 0 Å². The van der Waals surface area contributed by atoms with E-state index in [9.17, 15) is 8.78 Å². The summed E-state index contributed by atoms with van der Waals surface area (Å²) in [5, 5.41) is 0. The molecule has 7 heavy (non-hydrogen) atoms. The van der Waals surface area contributed by atoms with Crippen molar-refractivity contribution in [2.45, 2.75) is 6.92 Å².